The van der Waals surface area contributed by atoms with Gasteiger partial charge in [0.15, 0.2) is 0 Å². The van der Waals surface area contributed by atoms with Crippen LogP contribution in [0.5, 0.6) is 0 Å². The van der Waals surface area contributed by atoms with Crippen molar-refractivity contribution in [3.63, 3.8) is 0 Å². The molecule has 2 aromatic rings. The van der Waals surface area contributed by atoms with Crippen molar-refractivity contribution >= 4 is 33.8 Å². The third-order valence-electron chi connectivity index (χ3n) is 4.82. The van der Waals surface area contributed by atoms with Crippen molar-refractivity contribution in [3.8, 4) is 0 Å². The standard InChI is InChI=1S/C21H27N3O3S/c1-24(15-8-4-3-5-9-15)14-18(25)23-21-19(20(26)22-12-13-27-2)16-10-6-7-11-17(16)28-21/h3-5,8-9H,6-7,10-14H2,1-2H3,(H,22,26)(H,23,25). The molecule has 7 heteroatoms. The summed E-state index contributed by atoms with van der Waals surface area (Å²) in [6.07, 6.45) is 4.06. The number of nitrogens with one attached hydrogen (secondary N) is 2. The van der Waals surface area contributed by atoms with E-state index < -0.39 is 0 Å². The van der Waals surface area contributed by atoms with Gasteiger partial charge in [-0.3, -0.25) is 9.59 Å². The zero-order chi connectivity index (χ0) is 19.9. The van der Waals surface area contributed by atoms with Crippen LogP contribution < -0.4 is 15.5 Å². The summed E-state index contributed by atoms with van der Waals surface area (Å²) < 4.78 is 5.02. The number of benzene rings is 1. The van der Waals surface area contributed by atoms with Crippen LogP contribution in [0.4, 0.5) is 10.7 Å². The van der Waals surface area contributed by atoms with E-state index in [-0.39, 0.29) is 18.4 Å². The number of hydrogen-bond donors (Lipinski definition) is 2. The Kier molecular flexibility index (Phi) is 7.06. The topological polar surface area (TPSA) is 70.7 Å². The largest absolute Gasteiger partial charge is 0.383 e. The van der Waals surface area contributed by atoms with Gasteiger partial charge in [-0.15, -0.1) is 11.3 Å². The summed E-state index contributed by atoms with van der Waals surface area (Å²) in [6, 6.07) is 9.76. The molecule has 28 heavy (non-hydrogen) atoms. The molecule has 3 rings (SSSR count). The molecule has 150 valence electrons. The van der Waals surface area contributed by atoms with E-state index >= 15 is 0 Å². The maximum atomic E-state index is 12.8. The van der Waals surface area contributed by atoms with E-state index in [0.29, 0.717) is 23.7 Å². The van der Waals surface area contributed by atoms with Crippen LogP contribution >= 0.6 is 11.3 Å². The third-order valence-corrected chi connectivity index (χ3v) is 6.03. The molecule has 0 atom stereocenters. The van der Waals surface area contributed by atoms with Crippen molar-refractivity contribution in [1.82, 2.24) is 5.32 Å². The number of anilines is 2. The van der Waals surface area contributed by atoms with Gasteiger partial charge < -0.3 is 20.3 Å². The first-order valence-corrected chi connectivity index (χ1v) is 10.4. The number of carbonyl (C=O) groups is 2. The molecule has 0 saturated heterocycles. The SMILES string of the molecule is COCCNC(=O)c1c(NC(=O)CN(C)c2ccccc2)sc2c1CCCC2. The van der Waals surface area contributed by atoms with E-state index in [2.05, 4.69) is 10.6 Å². The van der Waals surface area contributed by atoms with Crippen molar-refractivity contribution in [2.75, 3.05) is 44.1 Å². The summed E-state index contributed by atoms with van der Waals surface area (Å²) in [5, 5.41) is 6.54. The third kappa shape index (κ3) is 4.91. The number of likely N-dealkylation sites (N-methyl/N-ethyl adjacent to an activating group) is 1. The van der Waals surface area contributed by atoms with Crippen molar-refractivity contribution in [2.45, 2.75) is 25.7 Å². The van der Waals surface area contributed by atoms with Crippen LogP contribution in [0.1, 0.15) is 33.6 Å². The predicted octanol–water partition coefficient (Wildman–Crippen LogP) is 3.08. The van der Waals surface area contributed by atoms with Gasteiger partial charge in [0.05, 0.1) is 18.7 Å². The molecule has 0 bridgehead atoms. The molecule has 1 aliphatic carbocycles. The molecular formula is C21H27N3O3S. The molecule has 2 N–H and O–H groups in total. The number of para-hydroxylation sites is 1. The number of amides is 2. The van der Waals surface area contributed by atoms with Gasteiger partial charge >= 0.3 is 0 Å². The molecule has 1 aromatic heterocycles. The Labute approximate surface area is 169 Å². The van der Waals surface area contributed by atoms with Crippen LogP contribution in [-0.4, -0.2) is 45.7 Å². The van der Waals surface area contributed by atoms with Gasteiger partial charge in [-0.05, 0) is 43.4 Å². The van der Waals surface area contributed by atoms with E-state index in [9.17, 15) is 9.59 Å². The quantitative estimate of drug-likeness (QED) is 0.667. The highest BCUT2D eigenvalue weighted by atomic mass is 32.1. The maximum absolute atomic E-state index is 12.8. The second-order valence-electron chi connectivity index (χ2n) is 6.90. The average Bonchev–Trinajstić information content (AvgIpc) is 3.06. The Morgan fingerprint density at radius 3 is 2.68 bits per heavy atom. The number of methoxy groups -OCH3 is 1. The lowest BCUT2D eigenvalue weighted by molar-refractivity contribution is -0.114. The minimum atomic E-state index is -0.136. The molecule has 0 unspecified atom stereocenters. The zero-order valence-electron chi connectivity index (χ0n) is 16.4. The molecule has 0 aliphatic heterocycles. The molecule has 1 heterocycles. The number of aryl methyl sites for hydroxylation is 1. The molecular weight excluding hydrogens is 374 g/mol. The predicted molar refractivity (Wildman–Crippen MR) is 114 cm³/mol. The lowest BCUT2D eigenvalue weighted by Crippen LogP contribution is -2.31. The number of thiophene rings is 1. The molecule has 1 aliphatic rings. The van der Waals surface area contributed by atoms with Crippen molar-refractivity contribution < 1.29 is 14.3 Å². The van der Waals surface area contributed by atoms with E-state index in [1.807, 2.05) is 42.3 Å². The lowest BCUT2D eigenvalue weighted by Gasteiger charge is -2.18. The van der Waals surface area contributed by atoms with Crippen molar-refractivity contribution in [3.05, 3.63) is 46.3 Å². The number of hydrogen-bond acceptors (Lipinski definition) is 5. The zero-order valence-corrected chi connectivity index (χ0v) is 17.2. The smallest absolute Gasteiger partial charge is 0.254 e. The van der Waals surface area contributed by atoms with Gasteiger partial charge in [0.1, 0.15) is 5.00 Å². The van der Waals surface area contributed by atoms with Gasteiger partial charge in [0.25, 0.3) is 5.91 Å². The first-order chi connectivity index (χ1) is 13.6. The van der Waals surface area contributed by atoms with E-state index in [1.165, 1.54) is 16.2 Å². The van der Waals surface area contributed by atoms with Crippen LogP contribution in [0.25, 0.3) is 0 Å². The Morgan fingerprint density at radius 1 is 1.18 bits per heavy atom. The summed E-state index contributed by atoms with van der Waals surface area (Å²) in [5.41, 5.74) is 2.70. The van der Waals surface area contributed by atoms with Crippen molar-refractivity contribution in [1.29, 1.82) is 0 Å². The number of fused-ring (bicyclic) bond motifs is 1. The summed E-state index contributed by atoms with van der Waals surface area (Å²) in [7, 11) is 3.49. The molecule has 0 radical (unpaired) electrons. The fourth-order valence-corrected chi connectivity index (χ4v) is 4.71. The molecule has 0 saturated carbocycles. The van der Waals surface area contributed by atoms with Crippen LogP contribution in [-0.2, 0) is 22.4 Å². The average molecular weight is 402 g/mol. The summed E-state index contributed by atoms with van der Waals surface area (Å²) in [5.74, 6) is -0.265. The monoisotopic (exact) mass is 401 g/mol. The van der Waals surface area contributed by atoms with E-state index in [4.69, 9.17) is 4.74 Å². The van der Waals surface area contributed by atoms with Crippen LogP contribution in [0, 0.1) is 0 Å². The summed E-state index contributed by atoms with van der Waals surface area (Å²) in [6.45, 7) is 1.13. The number of nitrogens with zero attached hydrogens (tertiary/aromatic N) is 1. The van der Waals surface area contributed by atoms with Crippen molar-refractivity contribution in [2.24, 2.45) is 0 Å². The Bertz CT molecular complexity index is 820. The second kappa shape index (κ2) is 9.71. The van der Waals surface area contributed by atoms with Gasteiger partial charge in [0, 0.05) is 31.3 Å². The molecule has 1 aromatic carbocycles. The van der Waals surface area contributed by atoms with Gasteiger partial charge in [-0.1, -0.05) is 18.2 Å². The van der Waals surface area contributed by atoms with Gasteiger partial charge in [0.2, 0.25) is 5.91 Å². The molecule has 6 nitrogen and oxygen atoms in total. The molecule has 0 fully saturated rings. The van der Waals surface area contributed by atoms with E-state index in [1.54, 1.807) is 7.11 Å². The summed E-state index contributed by atoms with van der Waals surface area (Å²) >= 11 is 1.54. The maximum Gasteiger partial charge on any atom is 0.254 e. The second-order valence-corrected chi connectivity index (χ2v) is 8.01. The van der Waals surface area contributed by atoms with Crippen LogP contribution in [0.15, 0.2) is 30.3 Å². The normalized spacial score (nSPS) is 12.9. The Morgan fingerprint density at radius 2 is 1.93 bits per heavy atom. The minimum Gasteiger partial charge on any atom is -0.383 e. The van der Waals surface area contributed by atoms with Gasteiger partial charge in [-0.25, -0.2) is 0 Å². The molecule has 2 amide bonds. The highest BCUT2D eigenvalue weighted by Crippen LogP contribution is 2.38. The fourth-order valence-electron chi connectivity index (χ4n) is 3.40. The fraction of sp³-hybridized carbons (Fsp3) is 0.429. The number of ether oxygens (including phenoxy) is 1. The lowest BCUT2D eigenvalue weighted by atomic mass is 9.95. The first-order valence-electron chi connectivity index (χ1n) is 9.58. The Balaban J connectivity index is 1.74. The minimum absolute atomic E-state index is 0.129. The van der Waals surface area contributed by atoms with Crippen LogP contribution in [0.2, 0.25) is 0 Å². The molecule has 0 spiro atoms. The summed E-state index contributed by atoms with van der Waals surface area (Å²) in [4.78, 5) is 28.5. The number of rotatable bonds is 8. The van der Waals surface area contributed by atoms with Gasteiger partial charge in [-0.2, -0.15) is 0 Å². The highest BCUT2D eigenvalue weighted by molar-refractivity contribution is 7.17. The van der Waals surface area contributed by atoms with Crippen LogP contribution in [0.3, 0.4) is 0 Å². The number of carbonyl (C=O) groups excluding carboxylic acids is 2. The Hall–Kier alpha value is -2.38. The highest BCUT2D eigenvalue weighted by Gasteiger charge is 2.26. The van der Waals surface area contributed by atoms with E-state index in [0.717, 1.165) is 36.9 Å². The first kappa shape index (κ1) is 20.4.